The fourth-order valence-electron chi connectivity index (χ4n) is 3.02. The van der Waals surface area contributed by atoms with E-state index in [-0.39, 0.29) is 10.8 Å². The summed E-state index contributed by atoms with van der Waals surface area (Å²) in [5.74, 6) is 0.359. The number of halogens is 1. The van der Waals surface area contributed by atoms with Crippen molar-refractivity contribution >= 4 is 33.2 Å². The van der Waals surface area contributed by atoms with Crippen molar-refractivity contribution in [2.75, 3.05) is 32.1 Å². The maximum atomic E-state index is 12.9. The first-order chi connectivity index (χ1) is 12.8. The van der Waals surface area contributed by atoms with E-state index in [9.17, 15) is 13.2 Å². The van der Waals surface area contributed by atoms with Crippen LogP contribution in [-0.2, 0) is 16.4 Å². The number of hydrogen-bond donors (Lipinski definition) is 0. The maximum Gasteiger partial charge on any atom is 0.258 e. The Balaban J connectivity index is 1.90. The molecule has 0 N–H and O–H groups in total. The van der Waals surface area contributed by atoms with Crippen molar-refractivity contribution in [2.45, 2.75) is 18.2 Å². The Hall–Kier alpha value is -2.09. The molecular weight excluding hydrogens is 388 g/mol. The summed E-state index contributed by atoms with van der Waals surface area (Å²) in [7, 11) is -0.518. The number of carbonyl (C=O) groups is 1. The van der Waals surface area contributed by atoms with Crippen molar-refractivity contribution < 1.29 is 17.9 Å². The third kappa shape index (κ3) is 3.67. The van der Waals surface area contributed by atoms with Gasteiger partial charge in [0.1, 0.15) is 5.75 Å². The molecule has 144 valence electrons. The molecular formula is C19H21ClN2O4S. The summed E-state index contributed by atoms with van der Waals surface area (Å²) in [6.07, 6.45) is 0.600. The highest BCUT2D eigenvalue weighted by molar-refractivity contribution is 7.89. The number of amides is 1. The van der Waals surface area contributed by atoms with E-state index in [1.165, 1.54) is 24.5 Å². The molecule has 2 aromatic rings. The zero-order valence-electron chi connectivity index (χ0n) is 15.4. The predicted octanol–water partition coefficient (Wildman–Crippen LogP) is 3.19. The monoisotopic (exact) mass is 408 g/mol. The van der Waals surface area contributed by atoms with Crippen molar-refractivity contribution in [3.05, 3.63) is 52.5 Å². The van der Waals surface area contributed by atoms with Gasteiger partial charge < -0.3 is 9.64 Å². The number of rotatable bonds is 5. The normalized spacial score (nSPS) is 13.7. The Morgan fingerprint density at radius 1 is 1.22 bits per heavy atom. The standard InChI is InChI=1S/C19H21ClN2O4S/c1-4-26-18-8-5-14(12-16(18)20)19(23)22-10-9-13-11-15(6-7-17(13)22)27(24,25)21(2)3/h5-8,11-12H,4,9-10H2,1-3H3. The van der Waals surface area contributed by atoms with Gasteiger partial charge in [0.05, 0.1) is 16.5 Å². The van der Waals surface area contributed by atoms with E-state index in [4.69, 9.17) is 16.3 Å². The van der Waals surface area contributed by atoms with Gasteiger partial charge in [0, 0.05) is 31.9 Å². The summed E-state index contributed by atoms with van der Waals surface area (Å²) >= 11 is 6.19. The number of nitrogens with zero attached hydrogens (tertiary/aromatic N) is 2. The Kier molecular flexibility index (Phi) is 5.46. The second kappa shape index (κ2) is 7.50. The zero-order valence-corrected chi connectivity index (χ0v) is 17.0. The van der Waals surface area contributed by atoms with Crippen LogP contribution in [0.4, 0.5) is 5.69 Å². The number of benzene rings is 2. The van der Waals surface area contributed by atoms with E-state index in [2.05, 4.69) is 0 Å². The van der Waals surface area contributed by atoms with Crippen LogP contribution in [0.25, 0.3) is 0 Å². The summed E-state index contributed by atoms with van der Waals surface area (Å²) in [5, 5.41) is 0.384. The Bertz CT molecular complexity index is 989. The van der Waals surface area contributed by atoms with Gasteiger partial charge in [0.25, 0.3) is 5.91 Å². The number of fused-ring (bicyclic) bond motifs is 1. The minimum absolute atomic E-state index is 0.179. The SMILES string of the molecule is CCOc1ccc(C(=O)N2CCc3cc(S(=O)(=O)N(C)C)ccc32)cc1Cl. The molecule has 1 aliphatic heterocycles. The van der Waals surface area contributed by atoms with Crippen molar-refractivity contribution in [1.29, 1.82) is 0 Å². The zero-order chi connectivity index (χ0) is 19.8. The van der Waals surface area contributed by atoms with Gasteiger partial charge in [-0.25, -0.2) is 12.7 Å². The van der Waals surface area contributed by atoms with Crippen molar-refractivity contribution in [1.82, 2.24) is 4.31 Å². The molecule has 6 nitrogen and oxygen atoms in total. The third-order valence-electron chi connectivity index (χ3n) is 4.45. The first-order valence-corrected chi connectivity index (χ1v) is 10.4. The van der Waals surface area contributed by atoms with Crippen LogP contribution in [0.5, 0.6) is 5.75 Å². The fraction of sp³-hybridized carbons (Fsp3) is 0.316. The number of anilines is 1. The first-order valence-electron chi connectivity index (χ1n) is 8.55. The molecule has 8 heteroatoms. The molecule has 0 aliphatic carbocycles. The highest BCUT2D eigenvalue weighted by Gasteiger charge is 2.28. The Morgan fingerprint density at radius 3 is 2.59 bits per heavy atom. The molecule has 3 rings (SSSR count). The van der Waals surface area contributed by atoms with Crippen LogP contribution in [0, 0.1) is 0 Å². The molecule has 0 fully saturated rings. The van der Waals surface area contributed by atoms with Crippen LogP contribution in [-0.4, -0.2) is 45.9 Å². The molecule has 0 unspecified atom stereocenters. The molecule has 1 amide bonds. The van der Waals surface area contributed by atoms with Gasteiger partial charge in [0.2, 0.25) is 10.0 Å². The van der Waals surface area contributed by atoms with Crippen LogP contribution < -0.4 is 9.64 Å². The lowest BCUT2D eigenvalue weighted by Gasteiger charge is -2.19. The Labute approximate surface area is 164 Å². The molecule has 2 aromatic carbocycles. The molecule has 0 saturated heterocycles. The quantitative estimate of drug-likeness (QED) is 0.762. The minimum atomic E-state index is -3.51. The smallest absolute Gasteiger partial charge is 0.258 e. The van der Waals surface area contributed by atoms with E-state index < -0.39 is 10.0 Å². The minimum Gasteiger partial charge on any atom is -0.492 e. The van der Waals surface area contributed by atoms with Gasteiger partial charge in [-0.2, -0.15) is 0 Å². The van der Waals surface area contributed by atoms with E-state index in [0.717, 1.165) is 11.3 Å². The molecule has 0 aromatic heterocycles. The van der Waals surface area contributed by atoms with Crippen molar-refractivity contribution in [2.24, 2.45) is 0 Å². The van der Waals surface area contributed by atoms with Gasteiger partial charge in [0.15, 0.2) is 0 Å². The van der Waals surface area contributed by atoms with Crippen molar-refractivity contribution in [3.8, 4) is 5.75 Å². The third-order valence-corrected chi connectivity index (χ3v) is 6.56. The van der Waals surface area contributed by atoms with Gasteiger partial charge in [-0.15, -0.1) is 0 Å². The van der Waals surface area contributed by atoms with Crippen LogP contribution in [0.3, 0.4) is 0 Å². The van der Waals surface area contributed by atoms with Crippen LogP contribution >= 0.6 is 11.6 Å². The predicted molar refractivity (Wildman–Crippen MR) is 105 cm³/mol. The Morgan fingerprint density at radius 2 is 1.96 bits per heavy atom. The van der Waals surface area contributed by atoms with Crippen LogP contribution in [0.1, 0.15) is 22.8 Å². The van der Waals surface area contributed by atoms with Crippen LogP contribution in [0.2, 0.25) is 5.02 Å². The first kappa shape index (κ1) is 19.7. The summed E-state index contributed by atoms with van der Waals surface area (Å²) in [5.41, 5.74) is 2.02. The van der Waals surface area contributed by atoms with E-state index in [0.29, 0.717) is 35.9 Å². The van der Waals surface area contributed by atoms with Crippen LogP contribution in [0.15, 0.2) is 41.3 Å². The molecule has 0 atom stereocenters. The second-order valence-corrected chi connectivity index (χ2v) is 8.92. The molecule has 0 spiro atoms. The number of carbonyl (C=O) groups excluding carboxylic acids is 1. The lowest BCUT2D eigenvalue weighted by Crippen LogP contribution is -2.28. The molecule has 0 bridgehead atoms. The van der Waals surface area contributed by atoms with E-state index in [1.807, 2.05) is 6.92 Å². The highest BCUT2D eigenvalue weighted by atomic mass is 35.5. The summed E-state index contributed by atoms with van der Waals surface area (Å²) < 4.78 is 31.2. The summed E-state index contributed by atoms with van der Waals surface area (Å²) in [4.78, 5) is 14.8. The molecule has 27 heavy (non-hydrogen) atoms. The topological polar surface area (TPSA) is 66.9 Å². The summed E-state index contributed by atoms with van der Waals surface area (Å²) in [6, 6.07) is 9.82. The summed E-state index contributed by atoms with van der Waals surface area (Å²) in [6.45, 7) is 2.84. The fourth-order valence-corrected chi connectivity index (χ4v) is 4.21. The molecule has 0 saturated carbocycles. The molecule has 1 aliphatic rings. The lowest BCUT2D eigenvalue weighted by atomic mass is 10.1. The maximum absolute atomic E-state index is 12.9. The van der Waals surface area contributed by atoms with E-state index in [1.54, 1.807) is 35.2 Å². The number of sulfonamides is 1. The second-order valence-electron chi connectivity index (χ2n) is 6.36. The lowest BCUT2D eigenvalue weighted by molar-refractivity contribution is 0.0989. The van der Waals surface area contributed by atoms with Gasteiger partial charge in [-0.3, -0.25) is 4.79 Å². The molecule has 0 radical (unpaired) electrons. The van der Waals surface area contributed by atoms with E-state index >= 15 is 0 Å². The van der Waals surface area contributed by atoms with Gasteiger partial charge in [-0.1, -0.05) is 11.6 Å². The number of hydrogen-bond acceptors (Lipinski definition) is 4. The molecule has 1 heterocycles. The largest absolute Gasteiger partial charge is 0.492 e. The number of ether oxygens (including phenoxy) is 1. The van der Waals surface area contributed by atoms with Gasteiger partial charge >= 0.3 is 0 Å². The average molecular weight is 409 g/mol. The average Bonchev–Trinajstić information content (AvgIpc) is 3.06. The highest BCUT2D eigenvalue weighted by Crippen LogP contribution is 2.33. The van der Waals surface area contributed by atoms with Crippen molar-refractivity contribution in [3.63, 3.8) is 0 Å². The van der Waals surface area contributed by atoms with Gasteiger partial charge in [-0.05, 0) is 55.3 Å².